The van der Waals surface area contributed by atoms with E-state index < -0.39 is 5.82 Å². The molecule has 1 aromatic carbocycles. The Kier molecular flexibility index (Phi) is 4.45. The van der Waals surface area contributed by atoms with Crippen LogP contribution in [0.5, 0.6) is 5.75 Å². The van der Waals surface area contributed by atoms with Crippen molar-refractivity contribution in [3.63, 3.8) is 0 Å². The van der Waals surface area contributed by atoms with Crippen molar-refractivity contribution < 1.29 is 9.13 Å². The number of ether oxygens (including phenoxy) is 1. The smallest absolute Gasteiger partial charge is 0.167 e. The number of hydrogen-bond donors (Lipinski definition) is 2. The predicted molar refractivity (Wildman–Crippen MR) is 77.4 cm³/mol. The summed E-state index contributed by atoms with van der Waals surface area (Å²) in [4.78, 5) is 0. The second-order valence-corrected chi connectivity index (χ2v) is 4.50. The third-order valence-corrected chi connectivity index (χ3v) is 2.89. The third-order valence-electron chi connectivity index (χ3n) is 2.89. The Balaban J connectivity index is 1.99. The SMILES string of the molecule is CCOc1cc(NCCc2cnn(C)c2)c(N)cc1F. The summed E-state index contributed by atoms with van der Waals surface area (Å²) in [7, 11) is 1.88. The molecule has 108 valence electrons. The third kappa shape index (κ3) is 3.40. The minimum atomic E-state index is -0.442. The fourth-order valence-corrected chi connectivity index (χ4v) is 1.93. The van der Waals surface area contributed by atoms with Gasteiger partial charge < -0.3 is 15.8 Å². The maximum absolute atomic E-state index is 13.6. The van der Waals surface area contributed by atoms with Crippen LogP contribution in [0, 0.1) is 5.82 Å². The molecule has 0 bridgehead atoms. The Labute approximate surface area is 117 Å². The predicted octanol–water partition coefficient (Wildman–Crippen LogP) is 2.19. The molecule has 0 spiro atoms. The van der Waals surface area contributed by atoms with E-state index in [1.807, 2.05) is 26.4 Å². The summed E-state index contributed by atoms with van der Waals surface area (Å²) >= 11 is 0. The Hall–Kier alpha value is -2.24. The van der Waals surface area contributed by atoms with Gasteiger partial charge in [-0.15, -0.1) is 0 Å². The van der Waals surface area contributed by atoms with E-state index in [-0.39, 0.29) is 5.75 Å². The summed E-state index contributed by atoms with van der Waals surface area (Å²) in [5.41, 5.74) is 7.98. The first-order chi connectivity index (χ1) is 9.60. The number of halogens is 1. The van der Waals surface area contributed by atoms with E-state index in [0.717, 1.165) is 12.0 Å². The average molecular weight is 278 g/mol. The molecule has 0 aliphatic heterocycles. The lowest BCUT2D eigenvalue weighted by Crippen LogP contribution is -2.08. The van der Waals surface area contributed by atoms with Crippen LogP contribution in [0.15, 0.2) is 24.5 Å². The minimum Gasteiger partial charge on any atom is -0.491 e. The summed E-state index contributed by atoms with van der Waals surface area (Å²) in [6.45, 7) is 2.91. The molecule has 0 atom stereocenters. The summed E-state index contributed by atoms with van der Waals surface area (Å²) < 4.78 is 20.5. The molecule has 1 aromatic heterocycles. The van der Waals surface area contributed by atoms with Gasteiger partial charge in [-0.25, -0.2) is 4.39 Å². The van der Waals surface area contributed by atoms with E-state index in [1.165, 1.54) is 6.07 Å². The van der Waals surface area contributed by atoms with Gasteiger partial charge in [-0.3, -0.25) is 4.68 Å². The molecule has 6 heteroatoms. The first-order valence-corrected chi connectivity index (χ1v) is 6.53. The van der Waals surface area contributed by atoms with Crippen molar-refractivity contribution >= 4 is 11.4 Å². The van der Waals surface area contributed by atoms with Gasteiger partial charge in [0.1, 0.15) is 0 Å². The lowest BCUT2D eigenvalue weighted by atomic mass is 10.2. The Morgan fingerprint density at radius 3 is 2.90 bits per heavy atom. The van der Waals surface area contributed by atoms with E-state index in [1.54, 1.807) is 10.7 Å². The molecular weight excluding hydrogens is 259 g/mol. The number of nitrogen functional groups attached to an aromatic ring is 1. The fraction of sp³-hybridized carbons (Fsp3) is 0.357. The molecule has 0 saturated carbocycles. The van der Waals surface area contributed by atoms with Crippen LogP contribution in [-0.4, -0.2) is 22.9 Å². The van der Waals surface area contributed by atoms with Gasteiger partial charge in [0.2, 0.25) is 0 Å². The van der Waals surface area contributed by atoms with Crippen molar-refractivity contribution in [3.8, 4) is 5.75 Å². The summed E-state index contributed by atoms with van der Waals surface area (Å²) in [5.74, 6) is -0.229. The number of rotatable bonds is 6. The second-order valence-electron chi connectivity index (χ2n) is 4.50. The van der Waals surface area contributed by atoms with E-state index in [4.69, 9.17) is 10.5 Å². The van der Waals surface area contributed by atoms with Crippen LogP contribution in [-0.2, 0) is 13.5 Å². The average Bonchev–Trinajstić information content (AvgIpc) is 2.81. The molecule has 0 radical (unpaired) electrons. The minimum absolute atomic E-state index is 0.213. The quantitative estimate of drug-likeness (QED) is 0.795. The molecule has 0 aliphatic carbocycles. The standard InChI is InChI=1S/C14H19FN4O/c1-3-20-14-7-13(12(16)6-11(14)15)17-5-4-10-8-18-19(2)9-10/h6-9,17H,3-5,16H2,1-2H3. The maximum atomic E-state index is 13.6. The molecule has 1 heterocycles. The van der Waals surface area contributed by atoms with Gasteiger partial charge in [-0.2, -0.15) is 5.10 Å². The number of hydrogen-bond acceptors (Lipinski definition) is 4. The topological polar surface area (TPSA) is 65.1 Å². The van der Waals surface area contributed by atoms with Gasteiger partial charge in [0.25, 0.3) is 0 Å². The molecule has 0 unspecified atom stereocenters. The molecule has 0 saturated heterocycles. The van der Waals surface area contributed by atoms with Crippen LogP contribution in [0.1, 0.15) is 12.5 Å². The van der Waals surface area contributed by atoms with Gasteiger partial charge >= 0.3 is 0 Å². The highest BCUT2D eigenvalue weighted by Gasteiger charge is 2.08. The van der Waals surface area contributed by atoms with Crippen molar-refractivity contribution in [1.82, 2.24) is 9.78 Å². The van der Waals surface area contributed by atoms with Gasteiger partial charge in [0.15, 0.2) is 11.6 Å². The van der Waals surface area contributed by atoms with E-state index in [0.29, 0.717) is 24.5 Å². The molecule has 3 N–H and O–H groups in total. The molecule has 0 amide bonds. The van der Waals surface area contributed by atoms with Gasteiger partial charge in [0.05, 0.1) is 24.2 Å². The number of anilines is 2. The highest BCUT2D eigenvalue weighted by molar-refractivity contribution is 5.68. The molecular formula is C14H19FN4O. The summed E-state index contributed by atoms with van der Waals surface area (Å²) in [5, 5.41) is 7.29. The van der Waals surface area contributed by atoms with Crippen LogP contribution < -0.4 is 15.8 Å². The largest absolute Gasteiger partial charge is 0.491 e. The summed E-state index contributed by atoms with van der Waals surface area (Å²) in [6.07, 6.45) is 4.59. The van der Waals surface area contributed by atoms with E-state index >= 15 is 0 Å². The van der Waals surface area contributed by atoms with Crippen LogP contribution in [0.2, 0.25) is 0 Å². The molecule has 0 fully saturated rings. The summed E-state index contributed by atoms with van der Waals surface area (Å²) in [6, 6.07) is 2.87. The zero-order valence-corrected chi connectivity index (χ0v) is 11.7. The molecule has 20 heavy (non-hydrogen) atoms. The maximum Gasteiger partial charge on any atom is 0.167 e. The highest BCUT2D eigenvalue weighted by Crippen LogP contribution is 2.28. The van der Waals surface area contributed by atoms with Crippen molar-refractivity contribution in [2.75, 3.05) is 24.2 Å². The second kappa shape index (κ2) is 6.27. The molecule has 5 nitrogen and oxygen atoms in total. The van der Waals surface area contributed by atoms with Crippen LogP contribution in [0.4, 0.5) is 15.8 Å². The lowest BCUT2D eigenvalue weighted by Gasteiger charge is -2.12. The molecule has 2 aromatic rings. The van der Waals surface area contributed by atoms with Gasteiger partial charge in [-0.1, -0.05) is 0 Å². The monoisotopic (exact) mass is 278 g/mol. The van der Waals surface area contributed by atoms with E-state index in [9.17, 15) is 4.39 Å². The zero-order chi connectivity index (χ0) is 14.5. The molecule has 2 rings (SSSR count). The fourth-order valence-electron chi connectivity index (χ4n) is 1.93. The number of nitrogens with two attached hydrogens (primary N) is 1. The number of nitrogens with one attached hydrogen (secondary N) is 1. The number of aryl methyl sites for hydroxylation is 1. The van der Waals surface area contributed by atoms with Crippen molar-refractivity contribution in [2.45, 2.75) is 13.3 Å². The molecule has 0 aliphatic rings. The Morgan fingerprint density at radius 1 is 1.45 bits per heavy atom. The first-order valence-electron chi connectivity index (χ1n) is 6.53. The van der Waals surface area contributed by atoms with Gasteiger partial charge in [-0.05, 0) is 18.9 Å². The first kappa shape index (κ1) is 14.2. The zero-order valence-electron chi connectivity index (χ0n) is 11.7. The lowest BCUT2D eigenvalue weighted by molar-refractivity contribution is 0.322. The highest BCUT2D eigenvalue weighted by atomic mass is 19.1. The van der Waals surface area contributed by atoms with Gasteiger partial charge in [0, 0.05) is 31.9 Å². The van der Waals surface area contributed by atoms with Crippen molar-refractivity contribution in [1.29, 1.82) is 0 Å². The van der Waals surface area contributed by atoms with E-state index in [2.05, 4.69) is 10.4 Å². The van der Waals surface area contributed by atoms with Crippen LogP contribution in [0.25, 0.3) is 0 Å². The van der Waals surface area contributed by atoms with Crippen LogP contribution >= 0.6 is 0 Å². The number of benzene rings is 1. The van der Waals surface area contributed by atoms with Crippen molar-refractivity contribution in [3.05, 3.63) is 35.9 Å². The number of aromatic nitrogens is 2. The Morgan fingerprint density at radius 2 is 2.25 bits per heavy atom. The van der Waals surface area contributed by atoms with Crippen LogP contribution in [0.3, 0.4) is 0 Å². The number of nitrogens with zero attached hydrogens (tertiary/aromatic N) is 2. The normalized spacial score (nSPS) is 10.6. The van der Waals surface area contributed by atoms with Crippen molar-refractivity contribution in [2.24, 2.45) is 7.05 Å². The Bertz CT molecular complexity index is 583.